The fourth-order valence-electron chi connectivity index (χ4n) is 3.96. The predicted molar refractivity (Wildman–Crippen MR) is 132 cm³/mol. The first kappa shape index (κ1) is 24.4. The number of Topliss-reactive ketones (excluding diaryl/α,β-unsaturated/α-hetero) is 1. The molecule has 0 bridgehead atoms. The largest absolute Gasteiger partial charge is 0.507 e. The predicted octanol–water partition coefficient (Wildman–Crippen LogP) is 5.84. The van der Waals surface area contributed by atoms with Crippen molar-refractivity contribution in [3.05, 3.63) is 94.0 Å². The van der Waals surface area contributed by atoms with E-state index in [1.54, 1.807) is 36.5 Å². The quantitative estimate of drug-likeness (QED) is 0.264. The summed E-state index contributed by atoms with van der Waals surface area (Å²) in [6.07, 6.45) is 3.07. The van der Waals surface area contributed by atoms with Crippen LogP contribution in [0.1, 0.15) is 36.6 Å². The molecule has 0 aliphatic carbocycles. The van der Waals surface area contributed by atoms with Crippen LogP contribution in [0, 0.1) is 18.7 Å². The van der Waals surface area contributed by atoms with Crippen LogP contribution in [0.25, 0.3) is 5.76 Å². The van der Waals surface area contributed by atoms with Gasteiger partial charge in [-0.05, 0) is 66.4 Å². The van der Waals surface area contributed by atoms with Crippen LogP contribution in [0.2, 0.25) is 5.02 Å². The molecule has 0 radical (unpaired) electrons. The Morgan fingerprint density at radius 1 is 1.20 bits per heavy atom. The van der Waals surface area contributed by atoms with Crippen molar-refractivity contribution in [1.82, 2.24) is 4.98 Å². The maximum Gasteiger partial charge on any atom is 0.300 e. The van der Waals surface area contributed by atoms with Crippen molar-refractivity contribution >= 4 is 34.7 Å². The summed E-state index contributed by atoms with van der Waals surface area (Å²) >= 11 is 5.96. The number of ketones is 1. The molecule has 1 saturated heterocycles. The zero-order chi connectivity index (χ0) is 25.3. The van der Waals surface area contributed by atoms with Crippen molar-refractivity contribution in [3.63, 3.8) is 0 Å². The van der Waals surface area contributed by atoms with Gasteiger partial charge in [-0.1, -0.05) is 31.5 Å². The first-order valence-corrected chi connectivity index (χ1v) is 11.5. The lowest BCUT2D eigenvalue weighted by molar-refractivity contribution is -0.132. The molecule has 4 rings (SSSR count). The van der Waals surface area contributed by atoms with Gasteiger partial charge in [-0.15, -0.1) is 0 Å². The van der Waals surface area contributed by atoms with Crippen molar-refractivity contribution in [2.24, 2.45) is 5.92 Å². The van der Waals surface area contributed by atoms with Crippen molar-refractivity contribution in [3.8, 4) is 5.75 Å². The lowest BCUT2D eigenvalue weighted by atomic mass is 9.95. The van der Waals surface area contributed by atoms with Crippen molar-refractivity contribution in [1.29, 1.82) is 0 Å². The van der Waals surface area contributed by atoms with Crippen LogP contribution >= 0.6 is 11.6 Å². The number of nitrogens with zero attached hydrogens (tertiary/aromatic N) is 2. The summed E-state index contributed by atoms with van der Waals surface area (Å²) in [7, 11) is 0. The number of anilines is 1. The number of carbonyl (C=O) groups excluding carboxylic acids is 2. The van der Waals surface area contributed by atoms with Crippen LogP contribution < -0.4 is 9.64 Å². The maximum atomic E-state index is 13.8. The molecule has 1 fully saturated rings. The first-order valence-electron chi connectivity index (χ1n) is 11.1. The number of aliphatic hydroxyl groups is 1. The number of pyridine rings is 1. The number of carbonyl (C=O) groups is 2. The van der Waals surface area contributed by atoms with Crippen LogP contribution in [0.5, 0.6) is 5.75 Å². The van der Waals surface area contributed by atoms with Gasteiger partial charge in [0.05, 0.1) is 23.2 Å². The Bertz CT molecular complexity index is 1320. The molecule has 1 N–H and O–H groups in total. The van der Waals surface area contributed by atoms with E-state index in [9.17, 15) is 19.1 Å². The zero-order valence-corrected chi connectivity index (χ0v) is 20.2. The van der Waals surface area contributed by atoms with Gasteiger partial charge in [-0.3, -0.25) is 19.5 Å². The number of aromatic nitrogens is 1. The van der Waals surface area contributed by atoms with Gasteiger partial charge in [0.1, 0.15) is 17.3 Å². The second-order valence-corrected chi connectivity index (χ2v) is 9.15. The van der Waals surface area contributed by atoms with Crippen LogP contribution in [-0.4, -0.2) is 28.4 Å². The number of rotatable bonds is 6. The van der Waals surface area contributed by atoms with E-state index in [-0.39, 0.29) is 22.0 Å². The minimum absolute atomic E-state index is 0.0984. The standard InChI is InChI=1S/C27H24ClFN2O4/c1-15(2)14-35-22-9-6-17(11-16(22)3)25(32)23-24(18-5-4-10-30-13-18)31(27(34)26(23)33)19-7-8-21(29)20(28)12-19/h4-13,15,24,32H,14H2,1-3H3/b25-23+. The molecule has 3 aromatic rings. The average Bonchev–Trinajstić information content (AvgIpc) is 3.10. The Kier molecular flexibility index (Phi) is 6.89. The third kappa shape index (κ3) is 4.77. The number of ether oxygens (including phenoxy) is 1. The Morgan fingerprint density at radius 2 is 1.97 bits per heavy atom. The lowest BCUT2D eigenvalue weighted by Crippen LogP contribution is -2.29. The lowest BCUT2D eigenvalue weighted by Gasteiger charge is -2.25. The topological polar surface area (TPSA) is 79.7 Å². The molecule has 0 saturated carbocycles. The van der Waals surface area contributed by atoms with E-state index >= 15 is 0 Å². The second kappa shape index (κ2) is 9.88. The Morgan fingerprint density at radius 3 is 2.60 bits per heavy atom. The molecule has 1 amide bonds. The van der Waals surface area contributed by atoms with E-state index in [1.807, 2.05) is 20.8 Å². The maximum absolute atomic E-state index is 13.8. The van der Waals surface area contributed by atoms with Crippen LogP contribution in [0.15, 0.2) is 66.5 Å². The van der Waals surface area contributed by atoms with Crippen molar-refractivity contribution in [2.75, 3.05) is 11.5 Å². The second-order valence-electron chi connectivity index (χ2n) is 8.74. The SMILES string of the molecule is Cc1cc(/C(O)=C2\C(=O)C(=O)N(c3ccc(F)c(Cl)c3)C2c2cccnc2)ccc1OCC(C)C. The molecule has 8 heteroatoms. The van der Waals surface area contributed by atoms with Gasteiger partial charge in [-0.2, -0.15) is 0 Å². The first-order chi connectivity index (χ1) is 16.7. The summed E-state index contributed by atoms with van der Waals surface area (Å²) in [4.78, 5) is 31.7. The summed E-state index contributed by atoms with van der Waals surface area (Å²) in [6, 6.07) is 11.2. The number of aliphatic hydroxyl groups excluding tert-OH is 1. The number of benzene rings is 2. The minimum atomic E-state index is -0.984. The van der Waals surface area contributed by atoms with E-state index in [0.29, 0.717) is 29.4 Å². The van der Waals surface area contributed by atoms with Gasteiger partial charge in [0.2, 0.25) is 0 Å². The van der Waals surface area contributed by atoms with Crippen LogP contribution in [0.3, 0.4) is 0 Å². The average molecular weight is 495 g/mol. The van der Waals surface area contributed by atoms with E-state index in [2.05, 4.69) is 4.98 Å². The van der Waals surface area contributed by atoms with Gasteiger partial charge in [-0.25, -0.2) is 4.39 Å². The van der Waals surface area contributed by atoms with E-state index in [0.717, 1.165) is 11.6 Å². The summed E-state index contributed by atoms with van der Waals surface area (Å²) in [5.74, 6) is -1.70. The summed E-state index contributed by atoms with van der Waals surface area (Å²) in [5.41, 5.74) is 1.76. The van der Waals surface area contributed by atoms with Gasteiger partial charge in [0.25, 0.3) is 11.7 Å². The molecular formula is C27H24ClFN2O4. The smallest absolute Gasteiger partial charge is 0.300 e. The van der Waals surface area contributed by atoms with Gasteiger partial charge >= 0.3 is 0 Å². The Balaban J connectivity index is 1.84. The van der Waals surface area contributed by atoms with Gasteiger partial charge < -0.3 is 9.84 Å². The molecule has 6 nitrogen and oxygen atoms in total. The fraction of sp³-hybridized carbons (Fsp3) is 0.222. The van der Waals surface area contributed by atoms with Gasteiger partial charge in [0, 0.05) is 23.6 Å². The molecule has 1 aliphatic heterocycles. The summed E-state index contributed by atoms with van der Waals surface area (Å²) < 4.78 is 19.6. The molecule has 180 valence electrons. The highest BCUT2D eigenvalue weighted by Gasteiger charge is 2.47. The van der Waals surface area contributed by atoms with Crippen molar-refractivity contribution in [2.45, 2.75) is 26.8 Å². The van der Waals surface area contributed by atoms with Crippen molar-refractivity contribution < 1.29 is 23.8 Å². The van der Waals surface area contributed by atoms with E-state index in [4.69, 9.17) is 16.3 Å². The highest BCUT2D eigenvalue weighted by atomic mass is 35.5. The molecule has 0 spiro atoms. The normalized spacial score (nSPS) is 17.3. The summed E-state index contributed by atoms with van der Waals surface area (Å²) in [5, 5.41) is 11.1. The molecule has 1 aromatic heterocycles. The Labute approximate surface area is 207 Å². The third-order valence-corrected chi connectivity index (χ3v) is 5.94. The number of amides is 1. The van der Waals surface area contributed by atoms with Gasteiger partial charge in [0.15, 0.2) is 0 Å². The third-order valence-electron chi connectivity index (χ3n) is 5.65. The zero-order valence-electron chi connectivity index (χ0n) is 19.5. The molecular weight excluding hydrogens is 471 g/mol. The fourth-order valence-corrected chi connectivity index (χ4v) is 4.13. The Hall–Kier alpha value is -3.71. The molecule has 1 atom stereocenters. The highest BCUT2D eigenvalue weighted by molar-refractivity contribution is 6.51. The highest BCUT2D eigenvalue weighted by Crippen LogP contribution is 2.42. The molecule has 2 heterocycles. The number of hydrogen-bond donors (Lipinski definition) is 1. The van der Waals surface area contributed by atoms with Crippen LogP contribution in [-0.2, 0) is 9.59 Å². The van der Waals surface area contributed by atoms with E-state index < -0.39 is 23.5 Å². The summed E-state index contributed by atoms with van der Waals surface area (Å²) in [6.45, 7) is 6.46. The number of halogens is 2. The number of hydrogen-bond acceptors (Lipinski definition) is 5. The molecule has 2 aromatic carbocycles. The number of aryl methyl sites for hydroxylation is 1. The van der Waals surface area contributed by atoms with Crippen LogP contribution in [0.4, 0.5) is 10.1 Å². The molecule has 35 heavy (non-hydrogen) atoms. The van der Waals surface area contributed by atoms with E-state index in [1.165, 1.54) is 23.2 Å². The minimum Gasteiger partial charge on any atom is -0.507 e. The molecule has 1 aliphatic rings. The monoisotopic (exact) mass is 494 g/mol. The molecule has 1 unspecified atom stereocenters.